The summed E-state index contributed by atoms with van der Waals surface area (Å²) in [6.45, 7) is 0.756. The van der Waals surface area contributed by atoms with Crippen LogP contribution in [0.25, 0.3) is 0 Å². The molecule has 0 saturated carbocycles. The minimum absolute atomic E-state index is 0.564. The third-order valence-electron chi connectivity index (χ3n) is 2.26. The van der Waals surface area contributed by atoms with E-state index >= 15 is 0 Å². The minimum Gasteiger partial charge on any atom is -0.472 e. The summed E-state index contributed by atoms with van der Waals surface area (Å²) >= 11 is 0. The Hall–Kier alpha value is -0.760. The summed E-state index contributed by atoms with van der Waals surface area (Å²) in [5.41, 5.74) is 8.26. The van der Waals surface area contributed by atoms with E-state index in [1.165, 1.54) is 17.5 Å². The standard InChI is InChI=1S/C8H11NO/c9-3-6-1-2-7-4-10-5-8(6)7/h4-6H,1-3,9H2. The van der Waals surface area contributed by atoms with E-state index in [4.69, 9.17) is 10.2 Å². The molecule has 1 aromatic rings. The predicted octanol–water partition coefficient (Wildman–Crippen LogP) is 1.27. The highest BCUT2D eigenvalue weighted by Gasteiger charge is 2.22. The van der Waals surface area contributed by atoms with Crippen LogP contribution in [-0.4, -0.2) is 6.54 Å². The number of furan rings is 1. The third-order valence-corrected chi connectivity index (χ3v) is 2.26. The van der Waals surface area contributed by atoms with E-state index in [-0.39, 0.29) is 0 Å². The summed E-state index contributed by atoms with van der Waals surface area (Å²) < 4.78 is 5.06. The molecule has 2 nitrogen and oxygen atoms in total. The molecule has 2 rings (SSSR count). The normalized spacial score (nSPS) is 23.1. The van der Waals surface area contributed by atoms with Crippen molar-refractivity contribution in [3.8, 4) is 0 Å². The van der Waals surface area contributed by atoms with Gasteiger partial charge >= 0.3 is 0 Å². The first kappa shape index (κ1) is 5.98. The fraction of sp³-hybridized carbons (Fsp3) is 0.500. The highest BCUT2D eigenvalue weighted by molar-refractivity contribution is 5.30. The lowest BCUT2D eigenvalue weighted by atomic mass is 10.1. The summed E-state index contributed by atoms with van der Waals surface area (Å²) in [6.07, 6.45) is 6.02. The largest absolute Gasteiger partial charge is 0.472 e. The Kier molecular flexibility index (Phi) is 1.27. The molecule has 0 aliphatic heterocycles. The lowest BCUT2D eigenvalue weighted by Crippen LogP contribution is -2.08. The maximum atomic E-state index is 5.57. The fourth-order valence-corrected chi connectivity index (χ4v) is 1.62. The molecule has 0 saturated heterocycles. The van der Waals surface area contributed by atoms with Gasteiger partial charge in [0.25, 0.3) is 0 Å². The van der Waals surface area contributed by atoms with Crippen LogP contribution in [0, 0.1) is 0 Å². The molecule has 1 aliphatic carbocycles. The van der Waals surface area contributed by atoms with E-state index in [0.717, 1.165) is 13.0 Å². The van der Waals surface area contributed by atoms with Crippen LogP contribution in [-0.2, 0) is 6.42 Å². The topological polar surface area (TPSA) is 39.2 Å². The quantitative estimate of drug-likeness (QED) is 0.633. The van der Waals surface area contributed by atoms with Crippen LogP contribution in [0.3, 0.4) is 0 Å². The molecule has 1 aliphatic rings. The first-order valence-electron chi connectivity index (χ1n) is 3.67. The summed E-state index contributed by atoms with van der Waals surface area (Å²) in [4.78, 5) is 0. The average molecular weight is 137 g/mol. The van der Waals surface area contributed by atoms with Crippen molar-refractivity contribution in [3.63, 3.8) is 0 Å². The second-order valence-electron chi connectivity index (χ2n) is 2.82. The molecule has 10 heavy (non-hydrogen) atoms. The van der Waals surface area contributed by atoms with E-state index in [2.05, 4.69) is 0 Å². The first-order chi connectivity index (χ1) is 4.92. The van der Waals surface area contributed by atoms with E-state index in [9.17, 15) is 0 Å². The third kappa shape index (κ3) is 0.688. The Bertz CT molecular complexity index is 229. The van der Waals surface area contributed by atoms with E-state index in [1.807, 2.05) is 12.5 Å². The van der Waals surface area contributed by atoms with Crippen LogP contribution < -0.4 is 5.73 Å². The lowest BCUT2D eigenvalue weighted by molar-refractivity contribution is 0.545. The molecule has 0 bridgehead atoms. The maximum absolute atomic E-state index is 5.57. The van der Waals surface area contributed by atoms with Gasteiger partial charge in [0.2, 0.25) is 0 Å². The molecule has 0 aromatic carbocycles. The minimum atomic E-state index is 0.564. The molecular weight excluding hydrogens is 126 g/mol. The molecule has 1 aromatic heterocycles. The van der Waals surface area contributed by atoms with Crippen molar-refractivity contribution >= 4 is 0 Å². The van der Waals surface area contributed by atoms with Crippen LogP contribution in [0.4, 0.5) is 0 Å². The molecule has 0 spiro atoms. The Morgan fingerprint density at radius 3 is 3.30 bits per heavy atom. The number of hydrogen-bond acceptors (Lipinski definition) is 2. The van der Waals surface area contributed by atoms with Crippen molar-refractivity contribution in [3.05, 3.63) is 23.7 Å². The van der Waals surface area contributed by atoms with Gasteiger partial charge < -0.3 is 10.2 Å². The Morgan fingerprint density at radius 2 is 2.50 bits per heavy atom. The van der Waals surface area contributed by atoms with Crippen molar-refractivity contribution in [2.75, 3.05) is 6.54 Å². The lowest BCUT2D eigenvalue weighted by Gasteiger charge is -2.02. The first-order valence-corrected chi connectivity index (χ1v) is 3.67. The van der Waals surface area contributed by atoms with Crippen molar-refractivity contribution in [1.82, 2.24) is 0 Å². The van der Waals surface area contributed by atoms with Crippen LogP contribution in [0.15, 0.2) is 16.9 Å². The highest BCUT2D eigenvalue weighted by Crippen LogP contribution is 2.32. The zero-order chi connectivity index (χ0) is 6.97. The average Bonchev–Trinajstić information content (AvgIpc) is 2.44. The number of fused-ring (bicyclic) bond motifs is 1. The van der Waals surface area contributed by atoms with E-state index in [1.54, 1.807) is 0 Å². The summed E-state index contributed by atoms with van der Waals surface area (Å²) in [5.74, 6) is 0.564. The predicted molar refractivity (Wildman–Crippen MR) is 38.8 cm³/mol. The molecule has 1 unspecified atom stereocenters. The molecule has 0 amide bonds. The maximum Gasteiger partial charge on any atom is 0.0940 e. The molecule has 1 atom stereocenters. The Morgan fingerprint density at radius 1 is 1.60 bits per heavy atom. The number of hydrogen-bond donors (Lipinski definition) is 1. The second kappa shape index (κ2) is 2.13. The monoisotopic (exact) mass is 137 g/mol. The van der Waals surface area contributed by atoms with Gasteiger partial charge in [0.1, 0.15) is 0 Å². The van der Waals surface area contributed by atoms with Gasteiger partial charge in [-0.2, -0.15) is 0 Å². The molecule has 0 fully saturated rings. The number of aryl methyl sites for hydroxylation is 1. The fourth-order valence-electron chi connectivity index (χ4n) is 1.62. The molecule has 2 heteroatoms. The molecular formula is C8H11NO. The molecule has 54 valence electrons. The number of nitrogens with two attached hydrogens (primary N) is 1. The SMILES string of the molecule is NCC1CCc2cocc21. The summed E-state index contributed by atoms with van der Waals surface area (Å²) in [5, 5.41) is 0. The van der Waals surface area contributed by atoms with Crippen LogP contribution in [0.5, 0.6) is 0 Å². The van der Waals surface area contributed by atoms with E-state index in [0.29, 0.717) is 5.92 Å². The molecule has 1 heterocycles. The van der Waals surface area contributed by atoms with Gasteiger partial charge in [-0.05, 0) is 36.4 Å². The van der Waals surface area contributed by atoms with Gasteiger partial charge in [0.15, 0.2) is 0 Å². The van der Waals surface area contributed by atoms with Crippen LogP contribution in [0.1, 0.15) is 23.5 Å². The zero-order valence-corrected chi connectivity index (χ0v) is 5.84. The van der Waals surface area contributed by atoms with Gasteiger partial charge in [-0.1, -0.05) is 0 Å². The van der Waals surface area contributed by atoms with Gasteiger partial charge in [-0.15, -0.1) is 0 Å². The molecule has 0 radical (unpaired) electrons. The van der Waals surface area contributed by atoms with Gasteiger partial charge in [0, 0.05) is 0 Å². The highest BCUT2D eigenvalue weighted by atomic mass is 16.3. The van der Waals surface area contributed by atoms with Crippen molar-refractivity contribution in [2.24, 2.45) is 5.73 Å². The van der Waals surface area contributed by atoms with Crippen LogP contribution in [0.2, 0.25) is 0 Å². The Labute approximate surface area is 60.0 Å². The van der Waals surface area contributed by atoms with Gasteiger partial charge in [-0.3, -0.25) is 0 Å². The van der Waals surface area contributed by atoms with Crippen LogP contribution >= 0.6 is 0 Å². The second-order valence-corrected chi connectivity index (χ2v) is 2.82. The molecule has 2 N–H and O–H groups in total. The number of rotatable bonds is 1. The summed E-state index contributed by atoms with van der Waals surface area (Å²) in [6, 6.07) is 0. The van der Waals surface area contributed by atoms with Crippen molar-refractivity contribution in [2.45, 2.75) is 18.8 Å². The smallest absolute Gasteiger partial charge is 0.0940 e. The Balaban J connectivity index is 2.34. The van der Waals surface area contributed by atoms with Crippen molar-refractivity contribution in [1.29, 1.82) is 0 Å². The van der Waals surface area contributed by atoms with Gasteiger partial charge in [0.05, 0.1) is 12.5 Å². The van der Waals surface area contributed by atoms with Gasteiger partial charge in [-0.25, -0.2) is 0 Å². The summed E-state index contributed by atoms with van der Waals surface area (Å²) in [7, 11) is 0. The van der Waals surface area contributed by atoms with Crippen molar-refractivity contribution < 1.29 is 4.42 Å². The van der Waals surface area contributed by atoms with E-state index < -0.39 is 0 Å². The zero-order valence-electron chi connectivity index (χ0n) is 5.84.